The predicted molar refractivity (Wildman–Crippen MR) is 62.2 cm³/mol. The number of aryl methyl sites for hydroxylation is 1. The van der Waals surface area contributed by atoms with Crippen molar-refractivity contribution in [3.8, 4) is 0 Å². The highest BCUT2D eigenvalue weighted by Crippen LogP contribution is 2.18. The van der Waals surface area contributed by atoms with Crippen molar-refractivity contribution in [3.05, 3.63) is 28.5 Å². The summed E-state index contributed by atoms with van der Waals surface area (Å²) in [6, 6.07) is 3.08. The van der Waals surface area contributed by atoms with Gasteiger partial charge in [-0.2, -0.15) is 0 Å². The van der Waals surface area contributed by atoms with Crippen LogP contribution in [0.4, 0.5) is 0 Å². The molecule has 1 atom stereocenters. The number of hydrogen-bond acceptors (Lipinski definition) is 4. The van der Waals surface area contributed by atoms with Crippen LogP contribution in [-0.4, -0.2) is 17.6 Å². The Bertz CT molecular complexity index is 362. The number of hydrogen-bond donors (Lipinski definition) is 1. The molecule has 16 heavy (non-hydrogen) atoms. The molecule has 1 aromatic heterocycles. The molecule has 0 amide bonds. The molecule has 1 unspecified atom stereocenters. The molecule has 0 aliphatic heterocycles. The Hall–Kier alpha value is -1.13. The van der Waals surface area contributed by atoms with E-state index in [1.165, 1.54) is 0 Å². The zero-order valence-electron chi connectivity index (χ0n) is 9.37. The first kappa shape index (κ1) is 12.9. The highest BCUT2D eigenvalue weighted by atomic mass is 35.5. The normalized spacial score (nSPS) is 12.2. The SMILES string of the molecule is CCOC(=O)CC(N)c1cc(C)nc(Cl)c1. The number of carbonyl (C=O) groups is 1. The summed E-state index contributed by atoms with van der Waals surface area (Å²) >= 11 is 5.81. The molecule has 0 fully saturated rings. The Labute approximate surface area is 99.8 Å². The van der Waals surface area contributed by atoms with Gasteiger partial charge in [-0.15, -0.1) is 0 Å². The van der Waals surface area contributed by atoms with Crippen LogP contribution < -0.4 is 5.73 Å². The molecule has 0 saturated heterocycles. The molecule has 0 aromatic carbocycles. The summed E-state index contributed by atoms with van der Waals surface area (Å²) in [4.78, 5) is 15.3. The van der Waals surface area contributed by atoms with Gasteiger partial charge in [0.25, 0.3) is 0 Å². The van der Waals surface area contributed by atoms with E-state index < -0.39 is 6.04 Å². The van der Waals surface area contributed by atoms with Crippen molar-refractivity contribution >= 4 is 17.6 Å². The second kappa shape index (κ2) is 5.82. The van der Waals surface area contributed by atoms with Crippen LogP contribution >= 0.6 is 11.6 Å². The molecule has 0 radical (unpaired) electrons. The van der Waals surface area contributed by atoms with Gasteiger partial charge in [0.05, 0.1) is 13.0 Å². The van der Waals surface area contributed by atoms with Crippen LogP contribution in [0, 0.1) is 6.92 Å². The fourth-order valence-corrected chi connectivity index (χ4v) is 1.64. The standard InChI is InChI=1S/C11H15ClN2O2/c1-3-16-11(15)6-9(13)8-4-7(2)14-10(12)5-8/h4-5,9H,3,6,13H2,1-2H3. The van der Waals surface area contributed by atoms with Crippen molar-refractivity contribution in [1.29, 1.82) is 0 Å². The van der Waals surface area contributed by atoms with E-state index in [0.29, 0.717) is 11.8 Å². The number of ether oxygens (including phenoxy) is 1. The van der Waals surface area contributed by atoms with Crippen molar-refractivity contribution in [3.63, 3.8) is 0 Å². The fourth-order valence-electron chi connectivity index (χ4n) is 1.38. The third kappa shape index (κ3) is 3.79. The second-order valence-corrected chi connectivity index (χ2v) is 3.87. The number of rotatable bonds is 4. The molecule has 2 N–H and O–H groups in total. The van der Waals surface area contributed by atoms with Gasteiger partial charge in [-0.05, 0) is 31.5 Å². The van der Waals surface area contributed by atoms with Gasteiger partial charge in [0, 0.05) is 11.7 Å². The molecule has 88 valence electrons. The van der Waals surface area contributed by atoms with Crippen molar-refractivity contribution in [2.75, 3.05) is 6.61 Å². The summed E-state index contributed by atoms with van der Waals surface area (Å²) in [5, 5.41) is 0.384. The summed E-state index contributed by atoms with van der Waals surface area (Å²) in [6.45, 7) is 3.95. The number of pyridine rings is 1. The van der Waals surface area contributed by atoms with Gasteiger partial charge in [0.15, 0.2) is 0 Å². The number of esters is 1. The summed E-state index contributed by atoms with van der Waals surface area (Å²) in [6.07, 6.45) is 0.146. The lowest BCUT2D eigenvalue weighted by atomic mass is 10.1. The van der Waals surface area contributed by atoms with E-state index in [1.54, 1.807) is 13.0 Å². The monoisotopic (exact) mass is 242 g/mol. The Morgan fingerprint density at radius 1 is 1.62 bits per heavy atom. The highest BCUT2D eigenvalue weighted by Gasteiger charge is 2.13. The van der Waals surface area contributed by atoms with Crippen LogP contribution in [0.1, 0.15) is 30.6 Å². The molecular weight excluding hydrogens is 228 g/mol. The van der Waals surface area contributed by atoms with E-state index >= 15 is 0 Å². The Morgan fingerprint density at radius 2 is 2.31 bits per heavy atom. The van der Waals surface area contributed by atoms with Crippen LogP contribution in [0.15, 0.2) is 12.1 Å². The largest absolute Gasteiger partial charge is 0.466 e. The summed E-state index contributed by atoms with van der Waals surface area (Å²) in [7, 11) is 0. The molecule has 1 rings (SSSR count). The highest BCUT2D eigenvalue weighted by molar-refractivity contribution is 6.29. The average molecular weight is 243 g/mol. The molecule has 1 heterocycles. The van der Waals surface area contributed by atoms with E-state index in [9.17, 15) is 4.79 Å². The first-order valence-corrected chi connectivity index (χ1v) is 5.46. The maximum absolute atomic E-state index is 11.2. The van der Waals surface area contributed by atoms with E-state index in [-0.39, 0.29) is 12.4 Å². The van der Waals surface area contributed by atoms with E-state index in [1.807, 2.05) is 13.0 Å². The number of halogens is 1. The first-order valence-electron chi connectivity index (χ1n) is 5.08. The number of carbonyl (C=O) groups excluding carboxylic acids is 1. The fraction of sp³-hybridized carbons (Fsp3) is 0.455. The molecule has 1 aromatic rings. The Morgan fingerprint density at radius 3 is 2.88 bits per heavy atom. The minimum Gasteiger partial charge on any atom is -0.466 e. The van der Waals surface area contributed by atoms with Gasteiger partial charge >= 0.3 is 5.97 Å². The molecule has 0 aliphatic rings. The molecule has 0 spiro atoms. The maximum Gasteiger partial charge on any atom is 0.307 e. The molecule has 0 bridgehead atoms. The van der Waals surface area contributed by atoms with Gasteiger partial charge in [0.2, 0.25) is 0 Å². The van der Waals surface area contributed by atoms with Crippen LogP contribution in [0.5, 0.6) is 0 Å². The molecule has 0 saturated carbocycles. The quantitative estimate of drug-likeness (QED) is 0.648. The predicted octanol–water partition coefficient (Wildman–Crippen LogP) is 2.00. The zero-order valence-corrected chi connectivity index (χ0v) is 10.1. The van der Waals surface area contributed by atoms with Crippen LogP contribution in [-0.2, 0) is 9.53 Å². The third-order valence-corrected chi connectivity index (χ3v) is 2.26. The smallest absolute Gasteiger partial charge is 0.307 e. The first-order chi connectivity index (χ1) is 7.52. The maximum atomic E-state index is 11.2. The summed E-state index contributed by atoms with van der Waals surface area (Å²) in [5.41, 5.74) is 7.45. The van der Waals surface area contributed by atoms with Crippen molar-refractivity contribution in [1.82, 2.24) is 4.98 Å². The van der Waals surface area contributed by atoms with Gasteiger partial charge in [-0.3, -0.25) is 4.79 Å². The Kier molecular flexibility index (Phi) is 4.71. The topological polar surface area (TPSA) is 65.2 Å². The van der Waals surface area contributed by atoms with Crippen molar-refractivity contribution < 1.29 is 9.53 Å². The molecule has 4 nitrogen and oxygen atoms in total. The van der Waals surface area contributed by atoms with Gasteiger partial charge in [0.1, 0.15) is 5.15 Å². The average Bonchev–Trinajstić information content (AvgIpc) is 2.16. The van der Waals surface area contributed by atoms with E-state index in [0.717, 1.165) is 11.3 Å². The summed E-state index contributed by atoms with van der Waals surface area (Å²) < 4.78 is 4.83. The van der Waals surface area contributed by atoms with Crippen LogP contribution in [0.2, 0.25) is 5.15 Å². The Balaban J connectivity index is 2.72. The van der Waals surface area contributed by atoms with Crippen LogP contribution in [0.3, 0.4) is 0 Å². The number of nitrogens with zero attached hydrogens (tertiary/aromatic N) is 1. The lowest BCUT2D eigenvalue weighted by Crippen LogP contribution is -2.17. The van der Waals surface area contributed by atoms with Gasteiger partial charge < -0.3 is 10.5 Å². The third-order valence-electron chi connectivity index (χ3n) is 2.06. The lowest BCUT2D eigenvalue weighted by Gasteiger charge is -2.12. The molecule has 5 heteroatoms. The lowest BCUT2D eigenvalue weighted by molar-refractivity contribution is -0.143. The van der Waals surface area contributed by atoms with Gasteiger partial charge in [-0.1, -0.05) is 11.6 Å². The second-order valence-electron chi connectivity index (χ2n) is 3.48. The molecular formula is C11H15ClN2O2. The minimum atomic E-state index is -0.404. The van der Waals surface area contributed by atoms with Gasteiger partial charge in [-0.25, -0.2) is 4.98 Å². The number of nitrogens with two attached hydrogens (primary N) is 1. The minimum absolute atomic E-state index is 0.146. The number of aromatic nitrogens is 1. The summed E-state index contributed by atoms with van der Waals surface area (Å²) in [5.74, 6) is -0.305. The van der Waals surface area contributed by atoms with E-state index in [2.05, 4.69) is 4.98 Å². The van der Waals surface area contributed by atoms with E-state index in [4.69, 9.17) is 22.1 Å². The van der Waals surface area contributed by atoms with Crippen molar-refractivity contribution in [2.45, 2.75) is 26.3 Å². The molecule has 0 aliphatic carbocycles. The zero-order chi connectivity index (χ0) is 12.1. The van der Waals surface area contributed by atoms with Crippen LogP contribution in [0.25, 0.3) is 0 Å². The van der Waals surface area contributed by atoms with Crippen molar-refractivity contribution in [2.24, 2.45) is 5.73 Å².